The Morgan fingerprint density at radius 2 is 2.08 bits per heavy atom. The molecule has 2 bridgehead atoms. The third-order valence-corrected chi connectivity index (χ3v) is 9.23. The van der Waals surface area contributed by atoms with Crippen LogP contribution in [0.4, 0.5) is 23.2 Å². The van der Waals surface area contributed by atoms with Crippen LogP contribution in [0.1, 0.15) is 63.4 Å². The number of halogens is 4. The van der Waals surface area contributed by atoms with Crippen molar-refractivity contribution in [3.8, 4) is 10.7 Å². The van der Waals surface area contributed by atoms with Crippen LogP contribution in [0.5, 0.6) is 0 Å². The monoisotopic (exact) mass is 551 g/mol. The Morgan fingerprint density at radius 3 is 2.79 bits per heavy atom. The van der Waals surface area contributed by atoms with E-state index in [1.165, 1.54) is 0 Å². The maximum absolute atomic E-state index is 15.7. The van der Waals surface area contributed by atoms with Gasteiger partial charge in [-0.1, -0.05) is 17.3 Å². The van der Waals surface area contributed by atoms with Crippen molar-refractivity contribution >= 4 is 33.0 Å². The maximum atomic E-state index is 15.7. The van der Waals surface area contributed by atoms with Crippen LogP contribution in [0.3, 0.4) is 0 Å². The molecule has 0 radical (unpaired) electrons. The molecule has 38 heavy (non-hydrogen) atoms. The molecule has 12 heteroatoms. The molecule has 0 saturated carbocycles. The highest BCUT2D eigenvalue weighted by Crippen LogP contribution is 2.45. The van der Waals surface area contributed by atoms with E-state index in [-0.39, 0.29) is 46.2 Å². The first-order valence-electron chi connectivity index (χ1n) is 13.0. The molecule has 5 atom stereocenters. The minimum Gasteiger partial charge on any atom is -0.378 e. The number of carbonyl (C=O) groups excluding carboxylic acids is 1. The largest absolute Gasteiger partial charge is 0.393 e. The number of fused-ring (bicyclic) bond motifs is 3. The summed E-state index contributed by atoms with van der Waals surface area (Å²) in [7, 11) is 0. The second-order valence-corrected chi connectivity index (χ2v) is 11.8. The van der Waals surface area contributed by atoms with Crippen molar-refractivity contribution < 1.29 is 26.9 Å². The predicted octanol–water partition coefficient (Wildman–Crippen LogP) is 5.77. The van der Waals surface area contributed by atoms with Crippen LogP contribution in [0.25, 0.3) is 20.8 Å². The van der Waals surface area contributed by atoms with Gasteiger partial charge >= 0.3 is 6.18 Å². The number of anilines is 1. The summed E-state index contributed by atoms with van der Waals surface area (Å²) in [6, 6.07) is 4.66. The molecule has 3 saturated heterocycles. The fraction of sp³-hybridized carbons (Fsp3) is 0.577. The van der Waals surface area contributed by atoms with Crippen molar-refractivity contribution in [2.45, 2.75) is 94.9 Å². The number of alkyl halides is 4. The van der Waals surface area contributed by atoms with Gasteiger partial charge in [0.15, 0.2) is 0 Å². The van der Waals surface area contributed by atoms with Gasteiger partial charge in [-0.05, 0) is 56.5 Å². The molecule has 0 spiro atoms. The van der Waals surface area contributed by atoms with Gasteiger partial charge in [-0.15, -0.1) is 11.3 Å². The Hall–Kier alpha value is -2.73. The zero-order chi connectivity index (χ0) is 26.8. The van der Waals surface area contributed by atoms with E-state index in [0.29, 0.717) is 35.0 Å². The van der Waals surface area contributed by atoms with Crippen LogP contribution in [0, 0.1) is 0 Å². The number of benzene rings is 1. The highest BCUT2D eigenvalue weighted by molar-refractivity contribution is 7.23. The molecule has 2 N–H and O–H groups in total. The Kier molecular flexibility index (Phi) is 6.37. The second kappa shape index (κ2) is 9.48. The summed E-state index contributed by atoms with van der Waals surface area (Å²) >= 11 is 1.15. The first-order chi connectivity index (χ1) is 18.1. The normalized spacial score (nSPS) is 28.0. The van der Waals surface area contributed by atoms with Crippen LogP contribution in [0.15, 0.2) is 22.7 Å². The van der Waals surface area contributed by atoms with Gasteiger partial charge in [-0.3, -0.25) is 9.69 Å². The zero-order valence-electron chi connectivity index (χ0n) is 21.0. The van der Waals surface area contributed by atoms with Gasteiger partial charge in [-0.2, -0.15) is 18.2 Å². The van der Waals surface area contributed by atoms with Gasteiger partial charge in [0.25, 0.3) is 0 Å². The van der Waals surface area contributed by atoms with Crippen molar-refractivity contribution in [1.82, 2.24) is 20.4 Å². The number of aromatic nitrogens is 2. The molecule has 3 aliphatic heterocycles. The smallest absolute Gasteiger partial charge is 0.378 e. The van der Waals surface area contributed by atoms with E-state index in [9.17, 15) is 18.0 Å². The summed E-state index contributed by atoms with van der Waals surface area (Å²) in [6.07, 6.45) is -3.48. The van der Waals surface area contributed by atoms with E-state index < -0.39 is 30.9 Å². The molecule has 3 fully saturated rings. The first kappa shape index (κ1) is 25.5. The van der Waals surface area contributed by atoms with Crippen molar-refractivity contribution in [3.63, 3.8) is 0 Å². The summed E-state index contributed by atoms with van der Waals surface area (Å²) in [5.41, 5.74) is 0.675. The number of rotatable bonds is 6. The molecule has 5 unspecified atom stereocenters. The number of nitrogens with zero attached hydrogens (tertiary/aromatic N) is 3. The Morgan fingerprint density at radius 1 is 1.26 bits per heavy atom. The standard InChI is InChI=1S/C26H29F4N5O2S/c1-12(2)35-13-6-8-19(35)21(27)18(10-13)31-16-5-3-4-14-15(11-26(28,29)30)23(38-22(14)16)24-33-25(37-34-24)17-7-9-20(36)32-17/h3-5,12-13,17-19,21,31H,6-11H2,1-2H3,(H,32,36). The number of amides is 1. The van der Waals surface area contributed by atoms with Crippen LogP contribution >= 0.6 is 11.3 Å². The van der Waals surface area contributed by atoms with Crippen LogP contribution in [-0.4, -0.2) is 57.5 Å². The highest BCUT2D eigenvalue weighted by atomic mass is 32.1. The van der Waals surface area contributed by atoms with Gasteiger partial charge in [0.2, 0.25) is 17.6 Å². The second-order valence-electron chi connectivity index (χ2n) is 10.8. The fourth-order valence-electron chi connectivity index (χ4n) is 6.44. The first-order valence-corrected chi connectivity index (χ1v) is 13.8. The molecule has 3 aromatic rings. The van der Waals surface area contributed by atoms with Crippen molar-refractivity contribution in [3.05, 3.63) is 29.7 Å². The highest BCUT2D eigenvalue weighted by Gasteiger charge is 2.48. The molecule has 5 heterocycles. The molecular weight excluding hydrogens is 522 g/mol. The van der Waals surface area contributed by atoms with E-state index in [1.54, 1.807) is 18.2 Å². The molecular formula is C26H29F4N5O2S. The minimum atomic E-state index is -4.45. The van der Waals surface area contributed by atoms with Gasteiger partial charge < -0.3 is 15.2 Å². The van der Waals surface area contributed by atoms with E-state index in [0.717, 1.165) is 24.2 Å². The number of hydrogen-bond donors (Lipinski definition) is 2. The lowest BCUT2D eigenvalue weighted by Crippen LogP contribution is -2.56. The average Bonchev–Trinajstić information content (AvgIpc) is 3.62. The zero-order valence-corrected chi connectivity index (χ0v) is 21.8. The van der Waals surface area contributed by atoms with Crippen molar-refractivity contribution in [1.29, 1.82) is 0 Å². The molecule has 1 amide bonds. The third kappa shape index (κ3) is 4.55. The van der Waals surface area contributed by atoms with E-state index >= 15 is 4.39 Å². The lowest BCUT2D eigenvalue weighted by molar-refractivity contribution is -0.126. The molecule has 6 rings (SSSR count). The Bertz CT molecular complexity index is 1360. The Balaban J connectivity index is 1.35. The lowest BCUT2D eigenvalue weighted by Gasteiger charge is -2.44. The maximum Gasteiger partial charge on any atom is 0.393 e. The number of carbonyl (C=O) groups is 1. The molecule has 1 aromatic carbocycles. The number of hydrogen-bond acceptors (Lipinski definition) is 7. The fourth-order valence-corrected chi connectivity index (χ4v) is 7.66. The lowest BCUT2D eigenvalue weighted by atomic mass is 9.93. The molecule has 204 valence electrons. The summed E-state index contributed by atoms with van der Waals surface area (Å²) in [5.74, 6) is 0.0930. The van der Waals surface area contributed by atoms with Crippen LogP contribution in [0.2, 0.25) is 0 Å². The van der Waals surface area contributed by atoms with E-state index in [1.807, 2.05) is 0 Å². The SMILES string of the molecule is CC(C)N1C2CCC1C(F)C(Nc1cccc3c(CC(F)(F)F)c(-c4noc(C5CCC(=O)N5)n4)sc13)C2. The van der Waals surface area contributed by atoms with Crippen LogP contribution in [-0.2, 0) is 11.2 Å². The quantitative estimate of drug-likeness (QED) is 0.379. The molecule has 0 aliphatic carbocycles. The Labute approximate surface area is 221 Å². The summed E-state index contributed by atoms with van der Waals surface area (Å²) in [5, 5.41) is 10.5. The third-order valence-electron chi connectivity index (χ3n) is 7.95. The summed E-state index contributed by atoms with van der Waals surface area (Å²) in [6.45, 7) is 4.18. The van der Waals surface area contributed by atoms with Crippen molar-refractivity contribution in [2.75, 3.05) is 5.32 Å². The summed E-state index contributed by atoms with van der Waals surface area (Å²) in [4.78, 5) is 18.5. The van der Waals surface area contributed by atoms with Gasteiger partial charge in [-0.25, -0.2) is 4.39 Å². The number of thiophene rings is 1. The van der Waals surface area contributed by atoms with Gasteiger partial charge in [0, 0.05) is 24.5 Å². The van der Waals surface area contributed by atoms with E-state index in [2.05, 4.69) is 39.5 Å². The average molecular weight is 552 g/mol. The van der Waals surface area contributed by atoms with Gasteiger partial charge in [0.1, 0.15) is 12.2 Å². The predicted molar refractivity (Wildman–Crippen MR) is 136 cm³/mol. The van der Waals surface area contributed by atoms with E-state index in [4.69, 9.17) is 4.52 Å². The number of piperidine rings is 1. The van der Waals surface area contributed by atoms with Gasteiger partial charge in [0.05, 0.1) is 27.7 Å². The van der Waals surface area contributed by atoms with Crippen molar-refractivity contribution in [2.24, 2.45) is 0 Å². The van der Waals surface area contributed by atoms with Crippen LogP contribution < -0.4 is 10.6 Å². The molecule has 7 nitrogen and oxygen atoms in total. The topological polar surface area (TPSA) is 83.3 Å². The summed E-state index contributed by atoms with van der Waals surface area (Å²) < 4.78 is 62.7. The molecule has 2 aromatic heterocycles. The molecule has 3 aliphatic rings. The number of nitrogens with one attached hydrogen (secondary N) is 2. The minimum absolute atomic E-state index is 0.0548.